The molecule has 1 heterocycles. The molecule has 1 aromatic carbocycles. The van der Waals surface area contributed by atoms with Crippen LogP contribution in [0, 0.1) is 11.3 Å². The van der Waals surface area contributed by atoms with E-state index in [0.29, 0.717) is 12.1 Å². The Bertz CT molecular complexity index is 584. The largest absolute Gasteiger partial charge is 0.384 e. The summed E-state index contributed by atoms with van der Waals surface area (Å²) in [5.74, 6) is 0.915. The summed E-state index contributed by atoms with van der Waals surface area (Å²) in [6.07, 6.45) is 2.44. The highest BCUT2D eigenvalue weighted by molar-refractivity contribution is 9.10. The predicted octanol–water partition coefficient (Wildman–Crippen LogP) is 2.10. The molecular weight excluding hydrogens is 294 g/mol. The van der Waals surface area contributed by atoms with Crippen LogP contribution in [0.4, 0.5) is 5.69 Å². The molecule has 0 aliphatic heterocycles. The number of halogens is 1. The molecule has 2 aromatic rings. The molecule has 0 fully saturated rings. The number of nitrogens with zero attached hydrogens (tertiary/aromatic N) is 4. The van der Waals surface area contributed by atoms with Crippen molar-refractivity contribution in [3.8, 4) is 6.07 Å². The predicted molar refractivity (Wildman–Crippen MR) is 72.1 cm³/mol. The van der Waals surface area contributed by atoms with Gasteiger partial charge in [-0.2, -0.15) is 5.26 Å². The highest BCUT2D eigenvalue weighted by Gasteiger charge is 2.04. The van der Waals surface area contributed by atoms with E-state index in [1.807, 2.05) is 23.7 Å². The summed E-state index contributed by atoms with van der Waals surface area (Å²) < 4.78 is 2.78. The highest BCUT2D eigenvalue weighted by atomic mass is 79.9. The summed E-state index contributed by atoms with van der Waals surface area (Å²) >= 11 is 3.35. The summed E-state index contributed by atoms with van der Waals surface area (Å²) in [5, 5.41) is 20.1. The zero-order valence-corrected chi connectivity index (χ0v) is 11.5. The Morgan fingerprint density at radius 3 is 3.00 bits per heavy atom. The fraction of sp³-hybridized carbons (Fsp3) is 0.250. The van der Waals surface area contributed by atoms with E-state index >= 15 is 0 Å². The van der Waals surface area contributed by atoms with Gasteiger partial charge in [-0.05, 0) is 18.2 Å². The fourth-order valence-corrected chi connectivity index (χ4v) is 1.97. The molecule has 1 N–H and O–H groups in total. The van der Waals surface area contributed by atoms with Gasteiger partial charge in [-0.3, -0.25) is 0 Å². The van der Waals surface area contributed by atoms with Gasteiger partial charge in [0.2, 0.25) is 0 Å². The van der Waals surface area contributed by atoms with Gasteiger partial charge >= 0.3 is 0 Å². The average Bonchev–Trinajstić information content (AvgIpc) is 2.77. The maximum atomic E-state index is 9.03. The van der Waals surface area contributed by atoms with E-state index in [-0.39, 0.29) is 0 Å². The van der Waals surface area contributed by atoms with Crippen molar-refractivity contribution in [3.63, 3.8) is 0 Å². The lowest BCUT2D eigenvalue weighted by atomic mass is 10.2. The van der Waals surface area contributed by atoms with Crippen LogP contribution in [0.1, 0.15) is 11.4 Å². The summed E-state index contributed by atoms with van der Waals surface area (Å²) in [5.41, 5.74) is 1.46. The van der Waals surface area contributed by atoms with E-state index in [2.05, 4.69) is 37.5 Å². The van der Waals surface area contributed by atoms with Crippen molar-refractivity contribution in [2.24, 2.45) is 7.05 Å². The lowest BCUT2D eigenvalue weighted by molar-refractivity contribution is 0.788. The van der Waals surface area contributed by atoms with Crippen LogP contribution >= 0.6 is 15.9 Å². The molecule has 0 amide bonds. The van der Waals surface area contributed by atoms with Gasteiger partial charge in [-0.25, -0.2) is 0 Å². The molecule has 6 heteroatoms. The van der Waals surface area contributed by atoms with E-state index in [1.54, 1.807) is 12.4 Å². The van der Waals surface area contributed by atoms with Gasteiger partial charge in [0.1, 0.15) is 18.2 Å². The summed E-state index contributed by atoms with van der Waals surface area (Å²) in [4.78, 5) is 0. The average molecular weight is 306 g/mol. The van der Waals surface area contributed by atoms with Crippen molar-refractivity contribution in [3.05, 3.63) is 40.4 Å². The third kappa shape index (κ3) is 2.87. The normalized spacial score (nSPS) is 10.1. The number of nitrogens with one attached hydrogen (secondary N) is 1. The first-order valence-corrected chi connectivity index (χ1v) is 6.26. The van der Waals surface area contributed by atoms with Crippen LogP contribution in [0.25, 0.3) is 0 Å². The van der Waals surface area contributed by atoms with E-state index in [4.69, 9.17) is 5.26 Å². The number of hydrogen-bond acceptors (Lipinski definition) is 4. The molecule has 1 aromatic heterocycles. The van der Waals surface area contributed by atoms with Crippen molar-refractivity contribution in [1.82, 2.24) is 14.8 Å². The third-order valence-corrected chi connectivity index (χ3v) is 3.06. The van der Waals surface area contributed by atoms with Crippen LogP contribution in [-0.4, -0.2) is 21.3 Å². The van der Waals surface area contributed by atoms with Crippen LogP contribution in [0.15, 0.2) is 29.0 Å². The van der Waals surface area contributed by atoms with Crippen LogP contribution in [0.5, 0.6) is 0 Å². The van der Waals surface area contributed by atoms with Crippen LogP contribution in [-0.2, 0) is 13.5 Å². The zero-order valence-electron chi connectivity index (χ0n) is 9.89. The topological polar surface area (TPSA) is 66.5 Å². The molecule has 0 saturated heterocycles. The van der Waals surface area contributed by atoms with Gasteiger partial charge < -0.3 is 9.88 Å². The molecule has 0 saturated carbocycles. The van der Waals surface area contributed by atoms with Gasteiger partial charge in [0, 0.05) is 24.5 Å². The number of benzene rings is 1. The molecule has 2 rings (SSSR count). The molecular formula is C12H12BrN5. The molecule has 0 atom stereocenters. The van der Waals surface area contributed by atoms with Crippen LogP contribution in [0.2, 0.25) is 0 Å². The van der Waals surface area contributed by atoms with E-state index < -0.39 is 0 Å². The quantitative estimate of drug-likeness (QED) is 0.939. The first-order chi connectivity index (χ1) is 8.70. The van der Waals surface area contributed by atoms with Crippen LogP contribution < -0.4 is 5.32 Å². The number of nitriles is 1. The molecule has 0 spiro atoms. The zero-order chi connectivity index (χ0) is 13.0. The molecule has 0 radical (unpaired) electrons. The Balaban J connectivity index is 1.99. The van der Waals surface area contributed by atoms with Gasteiger partial charge in [-0.15, -0.1) is 10.2 Å². The molecule has 18 heavy (non-hydrogen) atoms. The van der Waals surface area contributed by atoms with E-state index in [9.17, 15) is 0 Å². The Labute approximate surface area is 114 Å². The number of rotatable bonds is 4. The summed E-state index contributed by atoms with van der Waals surface area (Å²) in [7, 11) is 1.91. The lowest BCUT2D eigenvalue weighted by Crippen LogP contribution is -2.09. The van der Waals surface area contributed by atoms with Gasteiger partial charge in [0.15, 0.2) is 0 Å². The molecule has 0 aliphatic rings. The van der Waals surface area contributed by atoms with Crippen molar-refractivity contribution < 1.29 is 0 Å². The maximum absolute atomic E-state index is 9.03. The first kappa shape index (κ1) is 12.6. The Hall–Kier alpha value is -1.87. The third-order valence-electron chi connectivity index (χ3n) is 2.57. The van der Waals surface area contributed by atoms with Crippen molar-refractivity contribution in [1.29, 1.82) is 5.26 Å². The van der Waals surface area contributed by atoms with Gasteiger partial charge in [-0.1, -0.05) is 15.9 Å². The minimum Gasteiger partial charge on any atom is -0.384 e. The molecule has 0 bridgehead atoms. The Morgan fingerprint density at radius 2 is 2.33 bits per heavy atom. The molecule has 0 unspecified atom stereocenters. The SMILES string of the molecule is Cn1cnnc1CCNc1ccc(Br)cc1C#N. The summed E-state index contributed by atoms with van der Waals surface area (Å²) in [6, 6.07) is 7.76. The summed E-state index contributed by atoms with van der Waals surface area (Å²) in [6.45, 7) is 0.711. The minimum atomic E-state index is 0.627. The smallest absolute Gasteiger partial charge is 0.134 e. The maximum Gasteiger partial charge on any atom is 0.134 e. The van der Waals surface area contributed by atoms with E-state index in [0.717, 1.165) is 22.4 Å². The Kier molecular flexibility index (Phi) is 3.95. The minimum absolute atomic E-state index is 0.627. The van der Waals surface area contributed by atoms with Crippen molar-refractivity contribution >= 4 is 21.6 Å². The second kappa shape index (κ2) is 5.65. The number of hydrogen-bond donors (Lipinski definition) is 1. The number of anilines is 1. The first-order valence-electron chi connectivity index (χ1n) is 5.47. The highest BCUT2D eigenvalue weighted by Crippen LogP contribution is 2.20. The van der Waals surface area contributed by atoms with Gasteiger partial charge in [0.25, 0.3) is 0 Å². The number of aryl methyl sites for hydroxylation is 1. The molecule has 5 nitrogen and oxygen atoms in total. The van der Waals surface area contributed by atoms with Crippen molar-refractivity contribution in [2.45, 2.75) is 6.42 Å². The molecule has 92 valence electrons. The van der Waals surface area contributed by atoms with Gasteiger partial charge in [0.05, 0.1) is 11.3 Å². The van der Waals surface area contributed by atoms with Crippen LogP contribution in [0.3, 0.4) is 0 Å². The standard InChI is InChI=1S/C12H12BrN5/c1-18-8-16-17-12(18)4-5-15-11-3-2-10(13)6-9(11)7-14/h2-3,6,8,15H,4-5H2,1H3. The fourth-order valence-electron chi connectivity index (χ4n) is 1.61. The number of aromatic nitrogens is 3. The van der Waals surface area contributed by atoms with Crippen molar-refractivity contribution in [2.75, 3.05) is 11.9 Å². The monoisotopic (exact) mass is 305 g/mol. The van der Waals surface area contributed by atoms with E-state index in [1.165, 1.54) is 0 Å². The lowest BCUT2D eigenvalue weighted by Gasteiger charge is -2.08. The Morgan fingerprint density at radius 1 is 1.50 bits per heavy atom. The molecule has 0 aliphatic carbocycles. The second-order valence-corrected chi connectivity index (χ2v) is 4.75. The second-order valence-electron chi connectivity index (χ2n) is 3.84.